The second-order valence-corrected chi connectivity index (χ2v) is 5.49. The van der Waals surface area contributed by atoms with Crippen molar-refractivity contribution in [3.63, 3.8) is 0 Å². The van der Waals surface area contributed by atoms with E-state index in [2.05, 4.69) is 14.9 Å². The topological polar surface area (TPSA) is 74.2 Å². The SMILES string of the molecule is Cn1ccnc(N2CCN(Cc3cc[nH]c(=O)c3)CC2)c1=O. The first kappa shape index (κ1) is 14.5. The van der Waals surface area contributed by atoms with Crippen molar-refractivity contribution in [1.82, 2.24) is 19.4 Å². The van der Waals surface area contributed by atoms with Crippen molar-refractivity contribution < 1.29 is 0 Å². The molecule has 3 heterocycles. The molecule has 0 radical (unpaired) electrons. The molecule has 0 amide bonds. The van der Waals surface area contributed by atoms with Gasteiger partial charge in [0.05, 0.1) is 0 Å². The van der Waals surface area contributed by atoms with Crippen LogP contribution in [0.2, 0.25) is 0 Å². The molecule has 1 N–H and O–H groups in total. The number of H-pyrrole nitrogens is 1. The Bertz CT molecular complexity index is 759. The molecule has 2 aromatic heterocycles. The summed E-state index contributed by atoms with van der Waals surface area (Å²) >= 11 is 0. The summed E-state index contributed by atoms with van der Waals surface area (Å²) in [6, 6.07) is 3.54. The van der Waals surface area contributed by atoms with Crippen molar-refractivity contribution >= 4 is 5.82 Å². The van der Waals surface area contributed by atoms with Gasteiger partial charge in [-0.25, -0.2) is 4.98 Å². The Morgan fingerprint density at radius 2 is 2.00 bits per heavy atom. The molecule has 1 aliphatic rings. The largest absolute Gasteiger partial charge is 0.349 e. The zero-order valence-corrected chi connectivity index (χ0v) is 12.5. The van der Waals surface area contributed by atoms with Gasteiger partial charge >= 0.3 is 0 Å². The standard InChI is InChI=1S/C15H19N5O2/c1-18-5-4-17-14(15(18)22)20-8-6-19(7-9-20)11-12-2-3-16-13(21)10-12/h2-5,10H,6-9,11H2,1H3,(H,16,21). The molecule has 22 heavy (non-hydrogen) atoms. The van der Waals surface area contributed by atoms with Gasteiger partial charge in [0, 0.05) is 64.4 Å². The van der Waals surface area contributed by atoms with Gasteiger partial charge in [-0.1, -0.05) is 0 Å². The molecule has 0 aromatic carbocycles. The third-order valence-electron chi connectivity index (χ3n) is 3.92. The fourth-order valence-electron chi connectivity index (χ4n) is 2.66. The van der Waals surface area contributed by atoms with E-state index in [9.17, 15) is 9.59 Å². The average Bonchev–Trinajstić information content (AvgIpc) is 2.51. The lowest BCUT2D eigenvalue weighted by atomic mass is 10.2. The molecule has 0 unspecified atom stereocenters. The van der Waals surface area contributed by atoms with Crippen LogP contribution in [0.1, 0.15) is 5.56 Å². The molecule has 0 bridgehead atoms. The molecule has 7 nitrogen and oxygen atoms in total. The van der Waals surface area contributed by atoms with Gasteiger partial charge in [0.25, 0.3) is 5.56 Å². The quantitative estimate of drug-likeness (QED) is 0.849. The molecule has 1 aliphatic heterocycles. The Kier molecular flexibility index (Phi) is 4.06. The number of nitrogens with one attached hydrogen (secondary N) is 1. The van der Waals surface area contributed by atoms with Crippen LogP contribution in [0.25, 0.3) is 0 Å². The van der Waals surface area contributed by atoms with E-state index < -0.39 is 0 Å². The van der Waals surface area contributed by atoms with Crippen LogP contribution in [0.4, 0.5) is 5.82 Å². The van der Waals surface area contributed by atoms with Gasteiger partial charge in [0.15, 0.2) is 5.82 Å². The highest BCUT2D eigenvalue weighted by atomic mass is 16.1. The van der Waals surface area contributed by atoms with Crippen molar-refractivity contribution in [2.75, 3.05) is 31.1 Å². The maximum absolute atomic E-state index is 12.1. The summed E-state index contributed by atoms with van der Waals surface area (Å²) in [5, 5.41) is 0. The second-order valence-electron chi connectivity index (χ2n) is 5.49. The van der Waals surface area contributed by atoms with Crippen LogP contribution in [0.15, 0.2) is 40.3 Å². The van der Waals surface area contributed by atoms with Gasteiger partial charge in [-0.2, -0.15) is 0 Å². The highest BCUT2D eigenvalue weighted by Gasteiger charge is 2.20. The van der Waals surface area contributed by atoms with Gasteiger partial charge in [0.2, 0.25) is 5.56 Å². The number of pyridine rings is 1. The lowest BCUT2D eigenvalue weighted by Crippen LogP contribution is -2.48. The van der Waals surface area contributed by atoms with Crippen molar-refractivity contribution in [2.45, 2.75) is 6.54 Å². The van der Waals surface area contributed by atoms with Crippen molar-refractivity contribution in [1.29, 1.82) is 0 Å². The van der Waals surface area contributed by atoms with Crippen molar-refractivity contribution in [3.05, 3.63) is 57.0 Å². The van der Waals surface area contributed by atoms with Gasteiger partial charge in [-0.15, -0.1) is 0 Å². The van der Waals surface area contributed by atoms with Crippen LogP contribution >= 0.6 is 0 Å². The molecule has 1 fully saturated rings. The number of piperazine rings is 1. The van der Waals surface area contributed by atoms with E-state index in [0.717, 1.165) is 38.3 Å². The van der Waals surface area contributed by atoms with Crippen LogP contribution < -0.4 is 16.0 Å². The maximum Gasteiger partial charge on any atom is 0.293 e. The van der Waals surface area contributed by atoms with Crippen molar-refractivity contribution in [2.24, 2.45) is 7.05 Å². The summed E-state index contributed by atoms with van der Waals surface area (Å²) in [4.78, 5) is 34.5. The Morgan fingerprint density at radius 1 is 1.23 bits per heavy atom. The summed E-state index contributed by atoms with van der Waals surface area (Å²) in [7, 11) is 1.73. The number of anilines is 1. The first-order chi connectivity index (χ1) is 10.6. The van der Waals surface area contributed by atoms with E-state index >= 15 is 0 Å². The Morgan fingerprint density at radius 3 is 2.73 bits per heavy atom. The van der Waals surface area contributed by atoms with Gasteiger partial charge in [0.1, 0.15) is 0 Å². The zero-order valence-electron chi connectivity index (χ0n) is 12.5. The molecule has 0 spiro atoms. The van der Waals surface area contributed by atoms with E-state index in [0.29, 0.717) is 5.82 Å². The number of aromatic amines is 1. The molecule has 7 heteroatoms. The Balaban J connectivity index is 1.64. The lowest BCUT2D eigenvalue weighted by Gasteiger charge is -2.35. The fourth-order valence-corrected chi connectivity index (χ4v) is 2.66. The number of rotatable bonds is 3. The van der Waals surface area contributed by atoms with Gasteiger partial charge in [-0.3, -0.25) is 14.5 Å². The third kappa shape index (κ3) is 3.09. The molecule has 0 atom stereocenters. The Labute approximate surface area is 127 Å². The monoisotopic (exact) mass is 301 g/mol. The van der Waals surface area contributed by atoms with E-state index in [4.69, 9.17) is 0 Å². The van der Waals surface area contributed by atoms with Crippen LogP contribution in [0.3, 0.4) is 0 Å². The van der Waals surface area contributed by atoms with Gasteiger partial charge in [-0.05, 0) is 11.6 Å². The van der Waals surface area contributed by atoms with Gasteiger partial charge < -0.3 is 14.5 Å². The normalized spacial score (nSPS) is 16.0. The first-order valence-corrected chi connectivity index (χ1v) is 7.30. The minimum atomic E-state index is -0.0758. The number of hydrogen-bond donors (Lipinski definition) is 1. The van der Waals surface area contributed by atoms with Crippen LogP contribution in [-0.2, 0) is 13.6 Å². The minimum Gasteiger partial charge on any atom is -0.349 e. The zero-order chi connectivity index (χ0) is 15.5. The summed E-state index contributed by atoms with van der Waals surface area (Å²) in [5.74, 6) is 0.515. The summed E-state index contributed by atoms with van der Waals surface area (Å²) in [6.07, 6.45) is 4.99. The first-order valence-electron chi connectivity index (χ1n) is 7.30. The van der Waals surface area contributed by atoms with E-state index in [-0.39, 0.29) is 11.1 Å². The maximum atomic E-state index is 12.1. The fraction of sp³-hybridized carbons (Fsp3) is 0.400. The molecule has 2 aromatic rings. The molecule has 116 valence electrons. The van der Waals surface area contributed by atoms with E-state index in [1.165, 1.54) is 0 Å². The highest BCUT2D eigenvalue weighted by molar-refractivity contribution is 5.36. The molecule has 1 saturated heterocycles. The lowest BCUT2D eigenvalue weighted by molar-refractivity contribution is 0.249. The molecule has 0 saturated carbocycles. The Hall–Kier alpha value is -2.41. The smallest absolute Gasteiger partial charge is 0.293 e. The van der Waals surface area contributed by atoms with Crippen molar-refractivity contribution in [3.8, 4) is 0 Å². The number of aromatic nitrogens is 3. The number of nitrogens with zero attached hydrogens (tertiary/aromatic N) is 4. The van der Waals surface area contributed by atoms with E-state index in [1.807, 2.05) is 11.0 Å². The van der Waals surface area contributed by atoms with E-state index in [1.54, 1.807) is 36.3 Å². The summed E-state index contributed by atoms with van der Waals surface area (Å²) in [5.41, 5.74) is 0.865. The molecule has 0 aliphatic carbocycles. The second kappa shape index (κ2) is 6.15. The predicted molar refractivity (Wildman–Crippen MR) is 84.0 cm³/mol. The highest BCUT2D eigenvalue weighted by Crippen LogP contribution is 2.10. The third-order valence-corrected chi connectivity index (χ3v) is 3.92. The average molecular weight is 301 g/mol. The van der Waals surface area contributed by atoms with Crippen LogP contribution in [0, 0.1) is 0 Å². The van der Waals surface area contributed by atoms with Crippen LogP contribution in [0.5, 0.6) is 0 Å². The molecule has 3 rings (SSSR count). The number of aryl methyl sites for hydroxylation is 1. The summed E-state index contributed by atoms with van der Waals surface area (Å²) < 4.78 is 1.55. The minimum absolute atomic E-state index is 0.0643. The number of hydrogen-bond acceptors (Lipinski definition) is 5. The molecular formula is C15H19N5O2. The predicted octanol–water partition coefficient (Wildman–Crippen LogP) is -0.209. The summed E-state index contributed by atoms with van der Waals surface area (Å²) in [6.45, 7) is 3.95. The van der Waals surface area contributed by atoms with Crippen LogP contribution in [-0.4, -0.2) is 45.6 Å². The molecular weight excluding hydrogens is 282 g/mol.